The van der Waals surface area contributed by atoms with Crippen LogP contribution in [0.5, 0.6) is 5.75 Å². The SMILES string of the molecule is O=C1C2C3C=CC(C3)C2C(=O)N1c1ccc(OS(=O)(=O)c2cc(Cl)ccc2Cl)cc1. The number of amides is 2. The minimum atomic E-state index is -4.21. The second-order valence-electron chi connectivity index (χ2n) is 7.62. The maximum Gasteiger partial charge on any atom is 0.340 e. The van der Waals surface area contributed by atoms with Crippen LogP contribution < -0.4 is 9.08 Å². The molecule has 1 aliphatic heterocycles. The van der Waals surface area contributed by atoms with Crippen LogP contribution in [0.1, 0.15) is 6.42 Å². The van der Waals surface area contributed by atoms with E-state index < -0.39 is 10.1 Å². The van der Waals surface area contributed by atoms with Gasteiger partial charge in [0.1, 0.15) is 10.6 Å². The van der Waals surface area contributed by atoms with Crippen molar-refractivity contribution >= 4 is 50.8 Å². The lowest BCUT2D eigenvalue weighted by atomic mass is 9.85. The van der Waals surface area contributed by atoms with Gasteiger partial charge in [-0.1, -0.05) is 35.4 Å². The highest BCUT2D eigenvalue weighted by atomic mass is 35.5. The summed E-state index contributed by atoms with van der Waals surface area (Å²) in [7, 11) is -4.21. The third-order valence-corrected chi connectivity index (χ3v) is 7.90. The number of nitrogens with zero attached hydrogens (tertiary/aromatic N) is 1. The highest BCUT2D eigenvalue weighted by Gasteiger charge is 2.59. The number of anilines is 1. The number of fused-ring (bicyclic) bond motifs is 5. The largest absolute Gasteiger partial charge is 0.379 e. The average Bonchev–Trinajstić information content (AvgIpc) is 3.38. The Morgan fingerprint density at radius 2 is 1.50 bits per heavy atom. The number of allylic oxidation sites excluding steroid dienone is 2. The predicted molar refractivity (Wildman–Crippen MR) is 111 cm³/mol. The Morgan fingerprint density at radius 3 is 2.10 bits per heavy atom. The van der Waals surface area contributed by atoms with Crippen LogP contribution in [-0.4, -0.2) is 20.2 Å². The number of benzene rings is 2. The van der Waals surface area contributed by atoms with Gasteiger partial charge < -0.3 is 4.18 Å². The molecule has 154 valence electrons. The number of halogens is 2. The fourth-order valence-corrected chi connectivity index (χ4v) is 6.32. The smallest absolute Gasteiger partial charge is 0.340 e. The molecule has 4 atom stereocenters. The molecule has 2 aromatic rings. The number of carbonyl (C=O) groups excluding carboxylic acids is 2. The average molecular weight is 464 g/mol. The summed E-state index contributed by atoms with van der Waals surface area (Å²) in [5.41, 5.74) is 0.393. The van der Waals surface area contributed by atoms with Crippen molar-refractivity contribution in [1.29, 1.82) is 0 Å². The van der Waals surface area contributed by atoms with E-state index in [9.17, 15) is 18.0 Å². The van der Waals surface area contributed by atoms with Gasteiger partial charge in [-0.25, -0.2) is 0 Å². The zero-order valence-corrected chi connectivity index (χ0v) is 17.7. The highest BCUT2D eigenvalue weighted by molar-refractivity contribution is 7.87. The second kappa shape index (κ2) is 6.83. The summed E-state index contributed by atoms with van der Waals surface area (Å²) in [6.45, 7) is 0. The van der Waals surface area contributed by atoms with Gasteiger partial charge in [0, 0.05) is 5.02 Å². The molecule has 3 aliphatic rings. The Labute approximate surface area is 183 Å². The first-order valence-corrected chi connectivity index (χ1v) is 11.5. The molecule has 1 heterocycles. The molecule has 0 spiro atoms. The van der Waals surface area contributed by atoms with Crippen molar-refractivity contribution in [3.05, 3.63) is 64.7 Å². The molecule has 0 radical (unpaired) electrons. The molecule has 6 nitrogen and oxygen atoms in total. The fourth-order valence-electron chi connectivity index (χ4n) is 4.65. The number of hydrogen-bond acceptors (Lipinski definition) is 5. The topological polar surface area (TPSA) is 80.8 Å². The molecule has 9 heteroatoms. The lowest BCUT2D eigenvalue weighted by Crippen LogP contribution is -2.32. The molecule has 1 saturated heterocycles. The van der Waals surface area contributed by atoms with Crippen LogP contribution in [0.25, 0.3) is 0 Å². The minimum absolute atomic E-state index is 0.0148. The molecule has 2 aliphatic carbocycles. The Bertz CT molecular complexity index is 1180. The fraction of sp³-hybridized carbons (Fsp3) is 0.238. The first kappa shape index (κ1) is 19.6. The molecule has 0 aromatic heterocycles. The summed E-state index contributed by atoms with van der Waals surface area (Å²) in [6.07, 6.45) is 4.92. The van der Waals surface area contributed by atoms with E-state index in [1.807, 2.05) is 12.2 Å². The molecule has 4 unspecified atom stereocenters. The van der Waals surface area contributed by atoms with Gasteiger partial charge in [0.15, 0.2) is 0 Å². The normalized spacial score (nSPS) is 27.1. The molecule has 2 amide bonds. The van der Waals surface area contributed by atoms with Crippen LogP contribution in [0.3, 0.4) is 0 Å². The Morgan fingerprint density at radius 1 is 0.900 bits per heavy atom. The third-order valence-electron chi connectivity index (χ3n) is 5.93. The first-order valence-electron chi connectivity index (χ1n) is 9.32. The van der Waals surface area contributed by atoms with Gasteiger partial charge in [0.05, 0.1) is 22.5 Å². The van der Waals surface area contributed by atoms with Gasteiger partial charge in [-0.15, -0.1) is 0 Å². The van der Waals surface area contributed by atoms with Crippen LogP contribution in [0.15, 0.2) is 59.5 Å². The summed E-state index contributed by atoms with van der Waals surface area (Å²) in [5.74, 6) is -0.727. The Kier molecular flexibility index (Phi) is 4.47. The van der Waals surface area contributed by atoms with Crippen LogP contribution in [0, 0.1) is 23.7 Å². The monoisotopic (exact) mass is 463 g/mol. The molecule has 2 fully saturated rings. The summed E-state index contributed by atoms with van der Waals surface area (Å²) in [5, 5.41) is 0.191. The van der Waals surface area contributed by atoms with Crippen molar-refractivity contribution < 1.29 is 22.2 Å². The number of carbonyl (C=O) groups is 2. The molecule has 2 bridgehead atoms. The van der Waals surface area contributed by atoms with Crippen molar-refractivity contribution in [2.75, 3.05) is 4.90 Å². The van der Waals surface area contributed by atoms with E-state index >= 15 is 0 Å². The molecule has 30 heavy (non-hydrogen) atoms. The molecular formula is C21H15Cl2NO5S. The van der Waals surface area contributed by atoms with Crippen LogP contribution >= 0.6 is 23.2 Å². The standard InChI is InChI=1S/C21H15Cl2NO5S/c22-13-3-8-16(23)17(10-13)30(27,28)29-15-6-4-14(5-7-15)24-20(25)18-11-1-2-12(9-11)19(18)21(24)26/h1-8,10-12,18-19H,9H2. The Balaban J connectivity index is 1.38. The van der Waals surface area contributed by atoms with E-state index in [0.29, 0.717) is 5.69 Å². The summed E-state index contributed by atoms with van der Waals surface area (Å²) in [6, 6.07) is 9.83. The van der Waals surface area contributed by atoms with Crippen LogP contribution in [-0.2, 0) is 19.7 Å². The summed E-state index contributed by atoms with van der Waals surface area (Å²) < 4.78 is 30.2. The molecular weight excluding hydrogens is 449 g/mol. The highest BCUT2D eigenvalue weighted by Crippen LogP contribution is 2.53. The van der Waals surface area contributed by atoms with Crippen LogP contribution in [0.4, 0.5) is 5.69 Å². The Hall–Kier alpha value is -2.35. The summed E-state index contributed by atoms with van der Waals surface area (Å²) in [4.78, 5) is 26.7. The number of rotatable bonds is 4. The quantitative estimate of drug-likeness (QED) is 0.387. The van der Waals surface area contributed by atoms with E-state index in [-0.39, 0.29) is 56.2 Å². The van der Waals surface area contributed by atoms with Gasteiger partial charge in [0.2, 0.25) is 11.8 Å². The zero-order chi connectivity index (χ0) is 21.2. The lowest BCUT2D eigenvalue weighted by molar-refractivity contribution is -0.123. The zero-order valence-electron chi connectivity index (χ0n) is 15.4. The van der Waals surface area contributed by atoms with Crippen molar-refractivity contribution in [3.8, 4) is 5.75 Å². The third kappa shape index (κ3) is 2.95. The number of imide groups is 1. The van der Waals surface area contributed by atoms with Crippen LogP contribution in [0.2, 0.25) is 10.0 Å². The van der Waals surface area contributed by atoms with E-state index in [1.165, 1.54) is 47.4 Å². The molecule has 5 rings (SSSR count). The van der Waals surface area contributed by atoms with E-state index in [1.54, 1.807) is 0 Å². The maximum absolute atomic E-state index is 12.9. The lowest BCUT2D eigenvalue weighted by Gasteiger charge is -2.17. The molecule has 1 saturated carbocycles. The molecule has 2 aromatic carbocycles. The van der Waals surface area contributed by atoms with Gasteiger partial charge in [-0.2, -0.15) is 8.42 Å². The van der Waals surface area contributed by atoms with Crippen molar-refractivity contribution in [3.63, 3.8) is 0 Å². The summed E-state index contributed by atoms with van der Waals surface area (Å²) >= 11 is 11.8. The predicted octanol–water partition coefficient (Wildman–Crippen LogP) is 4.07. The van der Waals surface area contributed by atoms with E-state index in [0.717, 1.165) is 6.42 Å². The first-order chi connectivity index (χ1) is 14.3. The maximum atomic E-state index is 12.9. The van der Waals surface area contributed by atoms with Crippen molar-refractivity contribution in [1.82, 2.24) is 0 Å². The molecule has 0 N–H and O–H groups in total. The van der Waals surface area contributed by atoms with E-state index in [2.05, 4.69) is 0 Å². The van der Waals surface area contributed by atoms with Gasteiger partial charge >= 0.3 is 10.1 Å². The van der Waals surface area contributed by atoms with Gasteiger partial charge in [-0.05, 0) is 60.7 Å². The van der Waals surface area contributed by atoms with Gasteiger partial charge in [-0.3, -0.25) is 14.5 Å². The minimum Gasteiger partial charge on any atom is -0.379 e. The van der Waals surface area contributed by atoms with Crippen molar-refractivity contribution in [2.45, 2.75) is 11.3 Å². The van der Waals surface area contributed by atoms with E-state index in [4.69, 9.17) is 27.4 Å². The van der Waals surface area contributed by atoms with Crippen molar-refractivity contribution in [2.24, 2.45) is 23.7 Å². The second-order valence-corrected chi connectivity index (χ2v) is 9.98. The van der Waals surface area contributed by atoms with Gasteiger partial charge in [0.25, 0.3) is 0 Å². The number of hydrogen-bond donors (Lipinski definition) is 0.